The molecule has 0 aliphatic heterocycles. The molecule has 1 rings (SSSR count). The molecule has 3 N–H and O–H groups in total. The third-order valence-corrected chi connectivity index (χ3v) is 2.63. The number of methoxy groups -OCH3 is 2. The van der Waals surface area contributed by atoms with Gasteiger partial charge in [-0.3, -0.25) is 4.79 Å². The van der Waals surface area contributed by atoms with E-state index < -0.39 is 6.29 Å². The number of thiazole rings is 1. The fourth-order valence-corrected chi connectivity index (χ4v) is 1.65. The van der Waals surface area contributed by atoms with Crippen molar-refractivity contribution in [2.24, 2.45) is 0 Å². The number of hydrogen-bond donors (Lipinski definition) is 2. The largest absolute Gasteiger partial charge is 0.375 e. The molecule has 0 aliphatic rings. The maximum absolute atomic E-state index is 11.5. The second-order valence-electron chi connectivity index (χ2n) is 3.06. The number of aromatic nitrogens is 1. The Morgan fingerprint density at radius 3 is 2.81 bits per heavy atom. The number of carbonyl (C=O) groups is 1. The molecule has 1 heterocycles. The first-order valence-corrected chi connectivity index (χ1v) is 5.55. The molecule has 0 aliphatic carbocycles. The van der Waals surface area contributed by atoms with E-state index in [1.54, 1.807) is 5.38 Å². The molecule has 1 amide bonds. The van der Waals surface area contributed by atoms with E-state index in [2.05, 4.69) is 10.3 Å². The van der Waals surface area contributed by atoms with Gasteiger partial charge in [0.15, 0.2) is 11.4 Å². The smallest absolute Gasteiger partial charge is 0.226 e. The normalized spacial score (nSPS) is 10.7. The lowest BCUT2D eigenvalue weighted by Gasteiger charge is -2.13. The molecule has 0 saturated carbocycles. The molecule has 0 fully saturated rings. The van der Waals surface area contributed by atoms with Gasteiger partial charge in [0.25, 0.3) is 0 Å². The van der Waals surface area contributed by atoms with Gasteiger partial charge in [0.2, 0.25) is 5.91 Å². The van der Waals surface area contributed by atoms with E-state index in [9.17, 15) is 4.79 Å². The maximum atomic E-state index is 11.5. The SMILES string of the molecule is COC(CNC(=O)Cc1csc(N)n1)OC. The second kappa shape index (κ2) is 6.41. The fraction of sp³-hybridized carbons (Fsp3) is 0.556. The second-order valence-corrected chi connectivity index (χ2v) is 3.95. The Labute approximate surface area is 97.8 Å². The molecule has 1 aromatic heterocycles. The van der Waals surface area contributed by atoms with Crippen molar-refractivity contribution in [1.82, 2.24) is 10.3 Å². The van der Waals surface area contributed by atoms with E-state index in [4.69, 9.17) is 15.2 Å². The molecule has 0 atom stereocenters. The van der Waals surface area contributed by atoms with Crippen LogP contribution >= 0.6 is 11.3 Å². The van der Waals surface area contributed by atoms with Crippen LogP contribution in [-0.4, -0.2) is 37.9 Å². The summed E-state index contributed by atoms with van der Waals surface area (Å²) in [4.78, 5) is 15.5. The molecule has 0 radical (unpaired) electrons. The number of ether oxygens (including phenoxy) is 2. The topological polar surface area (TPSA) is 86.5 Å². The standard InChI is InChI=1S/C9H15N3O3S/c1-14-8(15-2)4-11-7(13)3-6-5-16-9(10)12-6/h5,8H,3-4H2,1-2H3,(H2,10,12)(H,11,13). The molecule has 90 valence electrons. The monoisotopic (exact) mass is 245 g/mol. The van der Waals surface area contributed by atoms with Gasteiger partial charge in [-0.15, -0.1) is 11.3 Å². The van der Waals surface area contributed by atoms with Crippen LogP contribution in [0.15, 0.2) is 5.38 Å². The zero-order chi connectivity index (χ0) is 12.0. The first kappa shape index (κ1) is 12.9. The minimum atomic E-state index is -0.426. The quantitative estimate of drug-likeness (QED) is 0.689. The van der Waals surface area contributed by atoms with Crippen LogP contribution in [0.1, 0.15) is 5.69 Å². The van der Waals surface area contributed by atoms with E-state index in [1.165, 1.54) is 25.6 Å². The highest BCUT2D eigenvalue weighted by Crippen LogP contribution is 2.11. The van der Waals surface area contributed by atoms with Gasteiger partial charge in [0, 0.05) is 19.6 Å². The summed E-state index contributed by atoms with van der Waals surface area (Å²) in [5.74, 6) is -0.135. The van der Waals surface area contributed by atoms with Gasteiger partial charge < -0.3 is 20.5 Å². The minimum absolute atomic E-state index is 0.135. The first-order valence-electron chi connectivity index (χ1n) is 4.68. The first-order chi connectivity index (χ1) is 7.65. The maximum Gasteiger partial charge on any atom is 0.226 e. The lowest BCUT2D eigenvalue weighted by molar-refractivity contribution is -0.126. The Kier molecular flexibility index (Phi) is 5.17. The Hall–Kier alpha value is -1.18. The number of nitrogens with zero attached hydrogens (tertiary/aromatic N) is 1. The third kappa shape index (κ3) is 4.13. The van der Waals surface area contributed by atoms with Gasteiger partial charge in [0.1, 0.15) is 0 Å². The molecule has 0 saturated heterocycles. The lowest BCUT2D eigenvalue weighted by Crippen LogP contribution is -2.35. The molecule has 6 nitrogen and oxygen atoms in total. The predicted octanol–water partition coefficient (Wildman–Crippen LogP) is 0.00290. The number of hydrogen-bond acceptors (Lipinski definition) is 6. The average Bonchev–Trinajstić information content (AvgIpc) is 2.65. The summed E-state index contributed by atoms with van der Waals surface area (Å²) >= 11 is 1.32. The predicted molar refractivity (Wildman–Crippen MR) is 61.0 cm³/mol. The molecule has 0 aromatic carbocycles. The van der Waals surface area contributed by atoms with Crippen molar-refractivity contribution in [3.8, 4) is 0 Å². The van der Waals surface area contributed by atoms with E-state index in [1.807, 2.05) is 0 Å². The van der Waals surface area contributed by atoms with Gasteiger partial charge >= 0.3 is 0 Å². The van der Waals surface area contributed by atoms with Crippen molar-refractivity contribution in [1.29, 1.82) is 0 Å². The number of nitrogens with two attached hydrogens (primary N) is 1. The molecule has 0 unspecified atom stereocenters. The van der Waals surface area contributed by atoms with Crippen LogP contribution in [-0.2, 0) is 20.7 Å². The summed E-state index contributed by atoms with van der Waals surface area (Å²) in [7, 11) is 3.03. The van der Waals surface area contributed by atoms with Crippen LogP contribution in [0.5, 0.6) is 0 Å². The third-order valence-electron chi connectivity index (χ3n) is 1.90. The van der Waals surface area contributed by atoms with Crippen LogP contribution in [0.4, 0.5) is 5.13 Å². The summed E-state index contributed by atoms with van der Waals surface area (Å²) in [6.45, 7) is 0.311. The van der Waals surface area contributed by atoms with Crippen LogP contribution in [0.25, 0.3) is 0 Å². The van der Waals surface area contributed by atoms with Gasteiger partial charge in [-0.05, 0) is 0 Å². The Balaban J connectivity index is 2.31. The zero-order valence-electron chi connectivity index (χ0n) is 9.23. The van der Waals surface area contributed by atoms with Gasteiger partial charge in [-0.1, -0.05) is 0 Å². The Morgan fingerprint density at radius 1 is 1.62 bits per heavy atom. The number of rotatable bonds is 6. The highest BCUT2D eigenvalue weighted by Gasteiger charge is 2.09. The van der Waals surface area contributed by atoms with Crippen LogP contribution in [0, 0.1) is 0 Å². The Morgan fingerprint density at radius 2 is 2.31 bits per heavy atom. The summed E-state index contributed by atoms with van der Waals surface area (Å²) in [5, 5.41) is 4.91. The molecule has 0 bridgehead atoms. The zero-order valence-corrected chi connectivity index (χ0v) is 10.0. The van der Waals surface area contributed by atoms with Crippen molar-refractivity contribution >= 4 is 22.4 Å². The molecular formula is C9H15N3O3S. The van der Waals surface area contributed by atoms with Crippen molar-refractivity contribution in [3.63, 3.8) is 0 Å². The van der Waals surface area contributed by atoms with Crippen LogP contribution in [0.3, 0.4) is 0 Å². The van der Waals surface area contributed by atoms with Crippen LogP contribution in [0.2, 0.25) is 0 Å². The number of anilines is 1. The van der Waals surface area contributed by atoms with Gasteiger partial charge in [-0.2, -0.15) is 0 Å². The average molecular weight is 245 g/mol. The minimum Gasteiger partial charge on any atom is -0.375 e. The summed E-state index contributed by atoms with van der Waals surface area (Å²) in [6, 6.07) is 0. The fourth-order valence-electron chi connectivity index (χ4n) is 1.09. The van der Waals surface area contributed by atoms with Gasteiger partial charge in [-0.25, -0.2) is 4.98 Å². The highest BCUT2D eigenvalue weighted by atomic mass is 32.1. The van der Waals surface area contributed by atoms with E-state index in [0.29, 0.717) is 17.4 Å². The van der Waals surface area contributed by atoms with E-state index in [-0.39, 0.29) is 12.3 Å². The lowest BCUT2D eigenvalue weighted by atomic mass is 10.3. The molecule has 1 aromatic rings. The van der Waals surface area contributed by atoms with Crippen molar-refractivity contribution in [2.45, 2.75) is 12.7 Å². The van der Waals surface area contributed by atoms with Gasteiger partial charge in [0.05, 0.1) is 18.7 Å². The number of carbonyl (C=O) groups excluding carboxylic acids is 1. The van der Waals surface area contributed by atoms with E-state index >= 15 is 0 Å². The van der Waals surface area contributed by atoms with Crippen molar-refractivity contribution in [2.75, 3.05) is 26.5 Å². The molecule has 0 spiro atoms. The van der Waals surface area contributed by atoms with Crippen LogP contribution < -0.4 is 11.1 Å². The highest BCUT2D eigenvalue weighted by molar-refractivity contribution is 7.13. The summed E-state index contributed by atoms with van der Waals surface area (Å²) < 4.78 is 9.87. The van der Waals surface area contributed by atoms with E-state index in [0.717, 1.165) is 0 Å². The van der Waals surface area contributed by atoms with Crippen molar-refractivity contribution in [3.05, 3.63) is 11.1 Å². The summed E-state index contributed by atoms with van der Waals surface area (Å²) in [6.07, 6.45) is -0.210. The van der Waals surface area contributed by atoms with Crippen molar-refractivity contribution < 1.29 is 14.3 Å². The number of nitrogens with one attached hydrogen (secondary N) is 1. The molecular weight excluding hydrogens is 230 g/mol. The molecule has 7 heteroatoms. The number of nitrogen functional groups attached to an aromatic ring is 1. The number of amides is 1. The Bertz CT molecular complexity index is 338. The summed E-state index contributed by atoms with van der Waals surface area (Å²) in [5.41, 5.74) is 6.13. The molecule has 16 heavy (non-hydrogen) atoms.